The summed E-state index contributed by atoms with van der Waals surface area (Å²) in [6.07, 6.45) is 3.99. The second-order valence-electron chi connectivity index (χ2n) is 5.25. The second-order valence-corrected chi connectivity index (χ2v) is 8.96. The van der Waals surface area contributed by atoms with Gasteiger partial charge in [0.25, 0.3) is 0 Å². The first-order valence-corrected chi connectivity index (χ1v) is 9.71. The van der Waals surface area contributed by atoms with Crippen LogP contribution in [0, 0.1) is 11.3 Å². The summed E-state index contributed by atoms with van der Waals surface area (Å²) in [5.41, 5.74) is -0.932. The maximum absolute atomic E-state index is 12.9. The van der Waals surface area contributed by atoms with E-state index in [0.717, 1.165) is 19.3 Å². The molecule has 1 saturated carbocycles. The molecule has 4 nitrogen and oxygen atoms in total. The highest BCUT2D eigenvalue weighted by Gasteiger charge is 2.43. The van der Waals surface area contributed by atoms with Gasteiger partial charge in [0.05, 0.1) is 11.0 Å². The number of hydrogen-bond acceptors (Lipinski definition) is 3. The summed E-state index contributed by atoms with van der Waals surface area (Å²) in [4.78, 5) is 0.180. The summed E-state index contributed by atoms with van der Waals surface area (Å²) in [6.45, 7) is 0. The van der Waals surface area contributed by atoms with E-state index in [1.54, 1.807) is 18.2 Å². The van der Waals surface area contributed by atoms with Crippen molar-refractivity contribution >= 4 is 41.9 Å². The van der Waals surface area contributed by atoms with Gasteiger partial charge in [-0.15, -0.1) is 0 Å². The van der Waals surface area contributed by atoms with Crippen molar-refractivity contribution in [3.8, 4) is 6.07 Å². The summed E-state index contributed by atoms with van der Waals surface area (Å²) < 4.78 is 28.2. The van der Waals surface area contributed by atoms with E-state index in [1.165, 1.54) is 11.4 Å². The first-order valence-electron chi connectivity index (χ1n) is 6.69. The Labute approximate surface area is 142 Å². The lowest BCUT2D eigenvalue weighted by molar-refractivity contribution is 0.212. The Kier molecular flexibility index (Phi) is 5.14. The Morgan fingerprint density at radius 3 is 2.43 bits per heavy atom. The van der Waals surface area contributed by atoms with Crippen LogP contribution in [-0.4, -0.2) is 25.3 Å². The quantitative estimate of drug-likeness (QED) is 0.719. The van der Waals surface area contributed by atoms with Crippen molar-refractivity contribution in [2.75, 3.05) is 7.05 Å². The molecule has 0 atom stereocenters. The molecule has 21 heavy (non-hydrogen) atoms. The van der Waals surface area contributed by atoms with E-state index in [4.69, 9.17) is 0 Å². The van der Waals surface area contributed by atoms with Crippen LogP contribution in [0.2, 0.25) is 0 Å². The number of benzene rings is 1. The van der Waals surface area contributed by atoms with Crippen LogP contribution in [0.1, 0.15) is 32.1 Å². The van der Waals surface area contributed by atoms with Gasteiger partial charge in [0.2, 0.25) is 10.0 Å². The van der Waals surface area contributed by atoms with Gasteiger partial charge < -0.3 is 0 Å². The highest BCUT2D eigenvalue weighted by Crippen LogP contribution is 2.37. The van der Waals surface area contributed by atoms with Crippen molar-refractivity contribution in [3.63, 3.8) is 0 Å². The summed E-state index contributed by atoms with van der Waals surface area (Å²) >= 11 is 6.58. The van der Waals surface area contributed by atoms with Crippen LogP contribution >= 0.6 is 31.9 Å². The van der Waals surface area contributed by atoms with Crippen LogP contribution in [-0.2, 0) is 10.0 Å². The molecule has 7 heteroatoms. The standard InChI is InChI=1S/C14H16Br2N2O2S/c1-18(14(10-17)7-3-2-4-8-14)21(19,20)13-9-11(15)5-6-12(13)16/h5-6,9H,2-4,7-8H2,1H3. The van der Waals surface area contributed by atoms with E-state index in [0.29, 0.717) is 21.8 Å². The average Bonchev–Trinajstić information content (AvgIpc) is 2.49. The summed E-state index contributed by atoms with van der Waals surface area (Å²) in [7, 11) is -2.22. The molecule has 1 aromatic rings. The third-order valence-corrected chi connectivity index (χ3v) is 7.43. The molecule has 1 aliphatic rings. The third kappa shape index (κ3) is 3.19. The molecule has 2 rings (SSSR count). The van der Waals surface area contributed by atoms with Gasteiger partial charge in [0, 0.05) is 16.0 Å². The molecule has 1 aliphatic carbocycles. The first kappa shape index (κ1) is 16.9. The van der Waals surface area contributed by atoms with Gasteiger partial charge in [-0.3, -0.25) is 0 Å². The molecule has 0 aliphatic heterocycles. The first-order chi connectivity index (χ1) is 9.83. The van der Waals surface area contributed by atoms with E-state index in [9.17, 15) is 13.7 Å². The summed E-state index contributed by atoms with van der Waals surface area (Å²) in [5, 5.41) is 9.57. The topological polar surface area (TPSA) is 61.2 Å². The highest BCUT2D eigenvalue weighted by atomic mass is 79.9. The Morgan fingerprint density at radius 1 is 1.24 bits per heavy atom. The zero-order valence-electron chi connectivity index (χ0n) is 11.6. The maximum atomic E-state index is 12.9. The Hall–Kier alpha value is -0.420. The van der Waals surface area contributed by atoms with E-state index in [1.807, 2.05) is 0 Å². The van der Waals surface area contributed by atoms with Gasteiger partial charge in [0.1, 0.15) is 5.54 Å². The second kappa shape index (κ2) is 6.37. The number of rotatable bonds is 3. The third-order valence-electron chi connectivity index (χ3n) is 4.02. The maximum Gasteiger partial charge on any atom is 0.245 e. The number of halogens is 2. The molecular formula is C14H16Br2N2O2S. The fourth-order valence-electron chi connectivity index (χ4n) is 2.69. The van der Waals surface area contributed by atoms with Crippen LogP contribution in [0.5, 0.6) is 0 Å². The van der Waals surface area contributed by atoms with Crippen LogP contribution < -0.4 is 0 Å². The van der Waals surface area contributed by atoms with Crippen molar-refractivity contribution in [1.29, 1.82) is 5.26 Å². The molecule has 1 fully saturated rings. The van der Waals surface area contributed by atoms with Gasteiger partial charge in [0.15, 0.2) is 0 Å². The molecule has 0 spiro atoms. The van der Waals surface area contributed by atoms with Gasteiger partial charge in [-0.1, -0.05) is 35.2 Å². The molecule has 0 bridgehead atoms. The lowest BCUT2D eigenvalue weighted by Crippen LogP contribution is -2.49. The molecule has 0 radical (unpaired) electrons. The van der Waals surface area contributed by atoms with Gasteiger partial charge >= 0.3 is 0 Å². The molecule has 0 heterocycles. The predicted octanol–water partition coefficient (Wildman–Crippen LogP) is 4.06. The smallest absolute Gasteiger partial charge is 0.207 e. The zero-order valence-corrected chi connectivity index (χ0v) is 15.6. The largest absolute Gasteiger partial charge is 0.245 e. The minimum atomic E-state index is -3.73. The molecular weight excluding hydrogens is 420 g/mol. The number of sulfonamides is 1. The van der Waals surface area contributed by atoms with E-state index >= 15 is 0 Å². The normalized spacial score (nSPS) is 18.4. The van der Waals surface area contributed by atoms with Crippen LogP contribution in [0.4, 0.5) is 0 Å². The van der Waals surface area contributed by atoms with Crippen LogP contribution in [0.25, 0.3) is 0 Å². The molecule has 0 unspecified atom stereocenters. The van der Waals surface area contributed by atoms with Gasteiger partial charge in [-0.25, -0.2) is 8.42 Å². The van der Waals surface area contributed by atoms with Crippen molar-refractivity contribution in [2.45, 2.75) is 42.5 Å². The fourth-order valence-corrected chi connectivity index (χ4v) is 5.63. The van der Waals surface area contributed by atoms with E-state index < -0.39 is 15.6 Å². The SMILES string of the molecule is CN(C1(C#N)CCCCC1)S(=O)(=O)c1cc(Br)ccc1Br. The van der Waals surface area contributed by atoms with Crippen LogP contribution in [0.3, 0.4) is 0 Å². The van der Waals surface area contributed by atoms with E-state index in [-0.39, 0.29) is 4.90 Å². The molecule has 114 valence electrons. The van der Waals surface area contributed by atoms with Crippen LogP contribution in [0.15, 0.2) is 32.0 Å². The molecule has 0 N–H and O–H groups in total. The fraction of sp³-hybridized carbons (Fsp3) is 0.500. The minimum Gasteiger partial charge on any atom is -0.207 e. The van der Waals surface area contributed by atoms with Crippen molar-refractivity contribution in [1.82, 2.24) is 4.31 Å². The van der Waals surface area contributed by atoms with Crippen molar-refractivity contribution in [2.24, 2.45) is 0 Å². The van der Waals surface area contributed by atoms with E-state index in [2.05, 4.69) is 37.9 Å². The monoisotopic (exact) mass is 434 g/mol. The van der Waals surface area contributed by atoms with Crippen molar-refractivity contribution < 1.29 is 8.42 Å². The minimum absolute atomic E-state index is 0.180. The molecule has 0 amide bonds. The molecule has 0 saturated heterocycles. The van der Waals surface area contributed by atoms with Gasteiger partial charge in [-0.05, 0) is 47.0 Å². The van der Waals surface area contributed by atoms with Crippen molar-refractivity contribution in [3.05, 3.63) is 27.1 Å². The van der Waals surface area contributed by atoms with Gasteiger partial charge in [-0.2, -0.15) is 9.57 Å². The average molecular weight is 436 g/mol. The number of nitriles is 1. The number of hydrogen-bond donors (Lipinski definition) is 0. The molecule has 1 aromatic carbocycles. The Morgan fingerprint density at radius 2 is 1.86 bits per heavy atom. The lowest BCUT2D eigenvalue weighted by atomic mass is 9.83. The summed E-state index contributed by atoms with van der Waals surface area (Å²) in [5.74, 6) is 0. The lowest BCUT2D eigenvalue weighted by Gasteiger charge is -2.38. The molecule has 0 aromatic heterocycles. The zero-order chi connectivity index (χ0) is 15.7. The highest BCUT2D eigenvalue weighted by molar-refractivity contribution is 9.11. The Bertz CT molecular complexity index is 677. The Balaban J connectivity index is 2.48. The predicted molar refractivity (Wildman–Crippen MR) is 88.2 cm³/mol. The number of nitrogens with zero attached hydrogens (tertiary/aromatic N) is 2. The summed E-state index contributed by atoms with van der Waals surface area (Å²) in [6, 6.07) is 7.26.